The number of nitro groups is 1. The van der Waals surface area contributed by atoms with Crippen LogP contribution in [0.4, 0.5) is 0 Å². The van der Waals surface area contributed by atoms with Crippen LogP contribution in [0.5, 0.6) is 0 Å². The summed E-state index contributed by atoms with van der Waals surface area (Å²) in [5.74, 6) is -0.0274. The summed E-state index contributed by atoms with van der Waals surface area (Å²) in [4.78, 5) is 18.0. The lowest BCUT2D eigenvalue weighted by Crippen LogP contribution is -2.05. The Bertz CT molecular complexity index is 702. The molecule has 0 bridgehead atoms. The van der Waals surface area contributed by atoms with Crippen LogP contribution in [0.25, 0.3) is 5.70 Å². The van der Waals surface area contributed by atoms with E-state index in [9.17, 15) is 10.1 Å². The molecular weight excluding hydrogens is 315 g/mol. The van der Waals surface area contributed by atoms with E-state index >= 15 is 0 Å². The van der Waals surface area contributed by atoms with Crippen molar-refractivity contribution in [3.63, 3.8) is 0 Å². The van der Waals surface area contributed by atoms with Crippen LogP contribution < -0.4 is 5.73 Å². The van der Waals surface area contributed by atoms with Gasteiger partial charge in [0.25, 0.3) is 0 Å². The summed E-state index contributed by atoms with van der Waals surface area (Å²) < 4.78 is 0. The van der Waals surface area contributed by atoms with E-state index in [0.717, 1.165) is 17.3 Å². The second-order valence-corrected chi connectivity index (χ2v) is 4.96. The first-order valence-corrected chi connectivity index (χ1v) is 6.58. The minimum absolute atomic E-state index is 0.0274. The molecule has 2 N–H and O–H groups in total. The molecule has 2 aromatic rings. The Morgan fingerprint density at radius 1 is 1.24 bits per heavy atom. The van der Waals surface area contributed by atoms with Gasteiger partial charge in [0.2, 0.25) is 5.82 Å². The number of rotatable bonds is 4. The standard InChI is InChI=1S/C13H10Cl2N4O2/c14-10-2-1-8(4-11(10)15)3-9-6-17-13(18-7-9)12(5-16)19(20)21/h1-2,4-7H,3,16H2/b12-5+. The molecule has 0 aliphatic carbocycles. The van der Waals surface area contributed by atoms with Crippen LogP contribution in [0.15, 0.2) is 36.8 Å². The first-order chi connectivity index (χ1) is 10.0. The zero-order chi connectivity index (χ0) is 15.4. The van der Waals surface area contributed by atoms with E-state index in [2.05, 4.69) is 9.97 Å². The summed E-state index contributed by atoms with van der Waals surface area (Å²) in [6.07, 6.45) is 4.43. The molecule has 0 atom stereocenters. The second kappa shape index (κ2) is 6.51. The molecule has 0 saturated heterocycles. The van der Waals surface area contributed by atoms with Gasteiger partial charge >= 0.3 is 5.70 Å². The third-order valence-corrected chi connectivity index (χ3v) is 3.42. The fourth-order valence-corrected chi connectivity index (χ4v) is 2.00. The molecule has 0 saturated carbocycles. The predicted molar refractivity (Wildman–Crippen MR) is 80.5 cm³/mol. The summed E-state index contributed by atoms with van der Waals surface area (Å²) >= 11 is 11.8. The number of hydrogen-bond donors (Lipinski definition) is 1. The lowest BCUT2D eigenvalue weighted by atomic mass is 10.1. The maximum atomic E-state index is 10.7. The predicted octanol–water partition coefficient (Wildman–Crippen LogP) is 2.91. The van der Waals surface area contributed by atoms with E-state index in [1.807, 2.05) is 6.07 Å². The van der Waals surface area contributed by atoms with Gasteiger partial charge in [-0.2, -0.15) is 0 Å². The van der Waals surface area contributed by atoms with Gasteiger partial charge in [0.1, 0.15) is 0 Å². The van der Waals surface area contributed by atoms with Crippen molar-refractivity contribution in [2.75, 3.05) is 0 Å². The van der Waals surface area contributed by atoms with Gasteiger partial charge in [0, 0.05) is 18.8 Å². The van der Waals surface area contributed by atoms with Crippen LogP contribution in [-0.2, 0) is 6.42 Å². The first kappa shape index (κ1) is 15.2. The van der Waals surface area contributed by atoms with E-state index in [-0.39, 0.29) is 11.5 Å². The Hall–Kier alpha value is -2.18. The average molecular weight is 325 g/mol. The maximum absolute atomic E-state index is 10.7. The second-order valence-electron chi connectivity index (χ2n) is 4.15. The summed E-state index contributed by atoms with van der Waals surface area (Å²) in [7, 11) is 0. The third-order valence-electron chi connectivity index (χ3n) is 2.68. The summed E-state index contributed by atoms with van der Waals surface area (Å²) in [5, 5.41) is 11.7. The van der Waals surface area contributed by atoms with E-state index in [0.29, 0.717) is 16.5 Å². The summed E-state index contributed by atoms with van der Waals surface area (Å²) in [5.41, 5.74) is 6.57. The number of hydrogen-bond acceptors (Lipinski definition) is 5. The quantitative estimate of drug-likeness (QED) is 0.689. The largest absolute Gasteiger partial charge is 0.399 e. The maximum Gasteiger partial charge on any atom is 0.328 e. The smallest absolute Gasteiger partial charge is 0.328 e. The van der Waals surface area contributed by atoms with Crippen molar-refractivity contribution in [2.45, 2.75) is 6.42 Å². The Morgan fingerprint density at radius 2 is 1.90 bits per heavy atom. The van der Waals surface area contributed by atoms with Crippen LogP contribution in [0.2, 0.25) is 10.0 Å². The molecule has 8 heteroatoms. The van der Waals surface area contributed by atoms with Crippen molar-refractivity contribution < 1.29 is 4.92 Å². The zero-order valence-electron chi connectivity index (χ0n) is 10.7. The van der Waals surface area contributed by atoms with Gasteiger partial charge in [-0.25, -0.2) is 9.97 Å². The van der Waals surface area contributed by atoms with E-state index in [4.69, 9.17) is 28.9 Å². The molecule has 6 nitrogen and oxygen atoms in total. The molecular formula is C13H10Cl2N4O2. The van der Waals surface area contributed by atoms with Gasteiger partial charge in [-0.1, -0.05) is 29.3 Å². The van der Waals surface area contributed by atoms with E-state index in [1.165, 1.54) is 12.4 Å². The zero-order valence-corrected chi connectivity index (χ0v) is 12.2. The highest BCUT2D eigenvalue weighted by Gasteiger charge is 2.16. The van der Waals surface area contributed by atoms with Crippen molar-refractivity contribution in [2.24, 2.45) is 5.73 Å². The fraction of sp³-hybridized carbons (Fsp3) is 0.0769. The monoisotopic (exact) mass is 324 g/mol. The molecule has 108 valence electrons. The molecule has 21 heavy (non-hydrogen) atoms. The number of aromatic nitrogens is 2. The molecule has 0 fully saturated rings. The van der Waals surface area contributed by atoms with Gasteiger partial charge in [-0.3, -0.25) is 10.1 Å². The van der Waals surface area contributed by atoms with Crippen LogP contribution in [-0.4, -0.2) is 14.9 Å². The van der Waals surface area contributed by atoms with Gasteiger partial charge in [-0.05, 0) is 23.3 Å². The number of halogens is 2. The summed E-state index contributed by atoms with van der Waals surface area (Å²) in [6.45, 7) is 0. The van der Waals surface area contributed by atoms with Crippen molar-refractivity contribution in [1.82, 2.24) is 9.97 Å². The Labute approximate surface area is 130 Å². The summed E-state index contributed by atoms with van der Waals surface area (Å²) in [6, 6.07) is 5.29. The molecule has 0 unspecified atom stereocenters. The molecule has 0 spiro atoms. The fourth-order valence-electron chi connectivity index (χ4n) is 1.68. The molecule has 0 aliphatic heterocycles. The van der Waals surface area contributed by atoms with Crippen LogP contribution in [0.1, 0.15) is 17.0 Å². The van der Waals surface area contributed by atoms with Gasteiger partial charge < -0.3 is 5.73 Å². The number of benzene rings is 1. The Morgan fingerprint density at radius 3 is 2.43 bits per heavy atom. The van der Waals surface area contributed by atoms with Crippen molar-refractivity contribution >= 4 is 28.9 Å². The molecule has 0 aliphatic rings. The third kappa shape index (κ3) is 3.68. The molecule has 1 heterocycles. The Kier molecular flexibility index (Phi) is 4.72. The lowest BCUT2D eigenvalue weighted by molar-refractivity contribution is -0.376. The average Bonchev–Trinajstić information content (AvgIpc) is 2.45. The minimum Gasteiger partial charge on any atom is -0.399 e. The van der Waals surface area contributed by atoms with E-state index < -0.39 is 4.92 Å². The Balaban J connectivity index is 2.19. The molecule has 2 rings (SSSR count). The molecule has 0 amide bonds. The lowest BCUT2D eigenvalue weighted by Gasteiger charge is -2.04. The highest BCUT2D eigenvalue weighted by Crippen LogP contribution is 2.23. The van der Waals surface area contributed by atoms with Gasteiger partial charge in [0.05, 0.1) is 21.2 Å². The number of nitrogens with zero attached hydrogens (tertiary/aromatic N) is 3. The SMILES string of the molecule is N/C=C(\c1ncc(Cc2ccc(Cl)c(Cl)c2)cn1)[N+](=O)[O-]. The highest BCUT2D eigenvalue weighted by atomic mass is 35.5. The van der Waals surface area contributed by atoms with Gasteiger partial charge in [-0.15, -0.1) is 0 Å². The van der Waals surface area contributed by atoms with Crippen LogP contribution in [0.3, 0.4) is 0 Å². The first-order valence-electron chi connectivity index (χ1n) is 5.82. The van der Waals surface area contributed by atoms with Crippen LogP contribution in [0, 0.1) is 10.1 Å². The number of nitrogens with two attached hydrogens (primary N) is 1. The van der Waals surface area contributed by atoms with Crippen molar-refractivity contribution in [3.05, 3.63) is 73.9 Å². The molecule has 1 aromatic heterocycles. The minimum atomic E-state index is -0.631. The molecule has 0 radical (unpaired) electrons. The highest BCUT2D eigenvalue weighted by molar-refractivity contribution is 6.42. The molecule has 1 aromatic carbocycles. The normalized spacial score (nSPS) is 11.4. The van der Waals surface area contributed by atoms with Crippen molar-refractivity contribution in [3.8, 4) is 0 Å². The van der Waals surface area contributed by atoms with Crippen molar-refractivity contribution in [1.29, 1.82) is 0 Å². The van der Waals surface area contributed by atoms with E-state index in [1.54, 1.807) is 12.1 Å². The van der Waals surface area contributed by atoms with Crippen LogP contribution >= 0.6 is 23.2 Å². The van der Waals surface area contributed by atoms with Gasteiger partial charge in [0.15, 0.2) is 0 Å². The topological polar surface area (TPSA) is 94.9 Å².